The predicted octanol–water partition coefficient (Wildman–Crippen LogP) is 10.3. The van der Waals surface area contributed by atoms with Crippen LogP contribution in [-0.4, -0.2) is 9.78 Å². The first-order chi connectivity index (χ1) is 21.7. The SMILES string of the molecule is Cc1cc(C)n(-c2[c-]c(Oc3[c-]c(N4[CH-]N(c5cc(C(C)(C)C)ccc5-c5ccccc5)c5ccccc54)ccc3)ccc2)n1.[Pt]. The first-order valence-electron chi connectivity index (χ1n) is 15.2. The van der Waals surface area contributed by atoms with E-state index in [2.05, 4.69) is 139 Å². The molecule has 1 aromatic heterocycles. The molecule has 0 fully saturated rings. The van der Waals surface area contributed by atoms with Gasteiger partial charge in [-0.1, -0.05) is 75.4 Å². The molecule has 0 spiro atoms. The van der Waals surface area contributed by atoms with E-state index in [0.29, 0.717) is 11.5 Å². The minimum Gasteiger partial charge on any atom is -0.509 e. The van der Waals surface area contributed by atoms with Gasteiger partial charge in [0.05, 0.1) is 5.69 Å². The Morgan fingerprint density at radius 1 is 0.652 bits per heavy atom. The van der Waals surface area contributed by atoms with E-state index in [0.717, 1.165) is 39.8 Å². The molecular formula is C40H35N4OPt-3. The Balaban J connectivity index is 0.00000372. The minimum absolute atomic E-state index is 0. The van der Waals surface area contributed by atoms with E-state index >= 15 is 0 Å². The van der Waals surface area contributed by atoms with E-state index in [9.17, 15) is 0 Å². The van der Waals surface area contributed by atoms with Gasteiger partial charge in [-0.15, -0.1) is 48.8 Å². The van der Waals surface area contributed by atoms with Gasteiger partial charge in [0.15, 0.2) is 0 Å². The molecule has 1 aliphatic rings. The third-order valence-corrected chi connectivity index (χ3v) is 8.06. The molecule has 2 heterocycles. The van der Waals surface area contributed by atoms with Gasteiger partial charge in [-0.25, -0.2) is 0 Å². The average Bonchev–Trinajstić information content (AvgIpc) is 3.60. The van der Waals surface area contributed by atoms with Crippen LogP contribution in [-0.2, 0) is 26.5 Å². The van der Waals surface area contributed by atoms with Crippen LogP contribution in [0.25, 0.3) is 16.8 Å². The van der Waals surface area contributed by atoms with Gasteiger partial charge < -0.3 is 14.5 Å². The molecule has 6 heteroatoms. The molecule has 0 amide bonds. The van der Waals surface area contributed by atoms with Crippen molar-refractivity contribution in [3.05, 3.63) is 151 Å². The van der Waals surface area contributed by atoms with Crippen molar-refractivity contribution >= 4 is 22.7 Å². The van der Waals surface area contributed by atoms with Crippen molar-refractivity contribution < 1.29 is 25.8 Å². The third kappa shape index (κ3) is 6.12. The summed E-state index contributed by atoms with van der Waals surface area (Å²) in [5.41, 5.74) is 10.7. The summed E-state index contributed by atoms with van der Waals surface area (Å²) in [4.78, 5) is 4.47. The normalized spacial score (nSPS) is 12.5. The molecule has 0 N–H and O–H groups in total. The summed E-state index contributed by atoms with van der Waals surface area (Å²) in [6.07, 6.45) is 0. The van der Waals surface area contributed by atoms with E-state index in [1.54, 1.807) is 0 Å². The van der Waals surface area contributed by atoms with Gasteiger partial charge >= 0.3 is 0 Å². The average molecular weight is 783 g/mol. The Morgan fingerprint density at radius 3 is 1.93 bits per heavy atom. The third-order valence-electron chi connectivity index (χ3n) is 8.06. The second kappa shape index (κ2) is 12.7. The van der Waals surface area contributed by atoms with Crippen molar-refractivity contribution in [2.24, 2.45) is 0 Å². The van der Waals surface area contributed by atoms with Crippen LogP contribution in [0.15, 0.2) is 115 Å². The first-order valence-corrected chi connectivity index (χ1v) is 15.2. The maximum Gasteiger partial charge on any atom is 0.0600 e. The number of rotatable bonds is 6. The van der Waals surface area contributed by atoms with Crippen molar-refractivity contribution in [3.63, 3.8) is 0 Å². The van der Waals surface area contributed by atoms with Crippen molar-refractivity contribution in [1.82, 2.24) is 9.78 Å². The summed E-state index contributed by atoms with van der Waals surface area (Å²) in [5, 5.41) is 4.60. The fourth-order valence-electron chi connectivity index (χ4n) is 5.80. The van der Waals surface area contributed by atoms with Crippen molar-refractivity contribution in [3.8, 4) is 28.3 Å². The molecule has 5 aromatic carbocycles. The van der Waals surface area contributed by atoms with Gasteiger partial charge in [0.2, 0.25) is 0 Å². The quantitative estimate of drug-likeness (QED) is 0.158. The molecule has 46 heavy (non-hydrogen) atoms. The fourth-order valence-corrected chi connectivity index (χ4v) is 5.80. The number of ether oxygens (including phenoxy) is 1. The van der Waals surface area contributed by atoms with Crippen LogP contribution in [0, 0.1) is 32.6 Å². The number of fused-ring (bicyclic) bond motifs is 1. The van der Waals surface area contributed by atoms with E-state index in [1.807, 2.05) is 48.9 Å². The molecule has 1 aliphatic heterocycles. The Bertz CT molecular complexity index is 1990. The van der Waals surface area contributed by atoms with E-state index in [-0.39, 0.29) is 26.5 Å². The molecule has 0 bridgehead atoms. The van der Waals surface area contributed by atoms with Crippen LogP contribution in [0.2, 0.25) is 0 Å². The number of aryl methyl sites for hydroxylation is 2. The molecule has 0 saturated heterocycles. The number of aromatic nitrogens is 2. The predicted molar refractivity (Wildman–Crippen MR) is 183 cm³/mol. The Morgan fingerprint density at radius 2 is 1.28 bits per heavy atom. The summed E-state index contributed by atoms with van der Waals surface area (Å²) in [5.74, 6) is 1.21. The summed E-state index contributed by atoms with van der Waals surface area (Å²) >= 11 is 0. The Labute approximate surface area is 286 Å². The largest absolute Gasteiger partial charge is 0.509 e. The molecule has 0 atom stereocenters. The van der Waals surface area contributed by atoms with Crippen LogP contribution in [0.1, 0.15) is 37.7 Å². The second-order valence-corrected chi connectivity index (χ2v) is 12.4. The smallest absolute Gasteiger partial charge is 0.0600 e. The van der Waals surface area contributed by atoms with Crippen LogP contribution in [0.4, 0.5) is 22.7 Å². The monoisotopic (exact) mass is 782 g/mol. The molecule has 0 radical (unpaired) electrons. The van der Waals surface area contributed by atoms with Crippen LogP contribution < -0.4 is 14.5 Å². The molecule has 0 aliphatic carbocycles. The van der Waals surface area contributed by atoms with Gasteiger partial charge in [0.1, 0.15) is 0 Å². The van der Waals surface area contributed by atoms with Gasteiger partial charge in [0.25, 0.3) is 0 Å². The van der Waals surface area contributed by atoms with Crippen molar-refractivity contribution in [2.45, 2.75) is 40.0 Å². The van der Waals surface area contributed by atoms with E-state index in [4.69, 9.17) is 4.74 Å². The second-order valence-electron chi connectivity index (χ2n) is 12.4. The van der Waals surface area contributed by atoms with Gasteiger partial charge in [-0.2, -0.15) is 17.2 Å². The molecule has 0 saturated carbocycles. The zero-order chi connectivity index (χ0) is 31.1. The van der Waals surface area contributed by atoms with Crippen LogP contribution >= 0.6 is 0 Å². The first kappa shape index (κ1) is 31.4. The van der Waals surface area contributed by atoms with Crippen LogP contribution in [0.5, 0.6) is 11.5 Å². The van der Waals surface area contributed by atoms with Crippen molar-refractivity contribution in [1.29, 1.82) is 0 Å². The number of para-hydroxylation sites is 2. The molecule has 7 rings (SSSR count). The summed E-state index contributed by atoms with van der Waals surface area (Å²) in [6.45, 7) is 13.0. The summed E-state index contributed by atoms with van der Waals surface area (Å²) in [6, 6.07) is 46.7. The molecule has 6 aromatic rings. The standard InChI is InChI=1S/C40H35N4O.Pt/c1-28-23-29(2)44(41-28)33-16-12-18-35(26-33)45-34-17-11-15-32(25-34)42-27-43(38-20-10-9-19-37(38)42)39-24-31(40(3,4)5)21-22-36(39)30-13-7-6-8-14-30;/h6-24,27H,1-5H3;/q-3;. The fraction of sp³-hybridized carbons (Fsp3) is 0.150. The zero-order valence-corrected chi connectivity index (χ0v) is 28.8. The maximum atomic E-state index is 6.31. The van der Waals surface area contributed by atoms with Gasteiger partial charge in [-0.3, -0.25) is 4.68 Å². The number of anilines is 4. The van der Waals surface area contributed by atoms with E-state index < -0.39 is 0 Å². The summed E-state index contributed by atoms with van der Waals surface area (Å²) in [7, 11) is 0. The van der Waals surface area contributed by atoms with Crippen molar-refractivity contribution in [2.75, 3.05) is 9.80 Å². The number of nitrogens with zero attached hydrogens (tertiary/aromatic N) is 4. The summed E-state index contributed by atoms with van der Waals surface area (Å²) < 4.78 is 8.19. The Kier molecular flexibility index (Phi) is 8.63. The molecule has 234 valence electrons. The van der Waals surface area contributed by atoms with Gasteiger partial charge in [0, 0.05) is 60.9 Å². The van der Waals surface area contributed by atoms with Gasteiger partial charge in [-0.05, 0) is 60.3 Å². The zero-order valence-electron chi connectivity index (χ0n) is 26.6. The van der Waals surface area contributed by atoms with E-state index in [1.165, 1.54) is 16.7 Å². The topological polar surface area (TPSA) is 33.5 Å². The molecule has 0 unspecified atom stereocenters. The Hall–Kier alpha value is -4.60. The molecular weight excluding hydrogens is 748 g/mol. The minimum atomic E-state index is 0. The molecule has 5 nitrogen and oxygen atoms in total. The number of hydrogen-bond acceptors (Lipinski definition) is 4. The number of hydrogen-bond donors (Lipinski definition) is 0. The maximum absolute atomic E-state index is 6.31. The van der Waals surface area contributed by atoms with Crippen LogP contribution in [0.3, 0.4) is 0 Å². The number of benzene rings is 5.